The molecule has 0 saturated heterocycles. The minimum Gasteiger partial charge on any atom is -0.507 e. The van der Waals surface area contributed by atoms with Crippen molar-refractivity contribution in [3.05, 3.63) is 144 Å². The Labute approximate surface area is 271 Å². The lowest BCUT2D eigenvalue weighted by Crippen LogP contribution is -1.95. The molecule has 2 N–H and O–H groups in total. The van der Waals surface area contributed by atoms with Crippen molar-refractivity contribution < 1.29 is 10.2 Å². The number of hydrogen-bond acceptors (Lipinski definition) is 4. The number of phenols is 2. The molecule has 0 bridgehead atoms. The topological polar surface area (TPSA) is 65.2 Å². The number of benzene rings is 6. The fourth-order valence-electron chi connectivity index (χ4n) is 5.73. The maximum Gasteiger partial charge on any atom is 0.127 e. The van der Waals surface area contributed by atoms with Gasteiger partial charge in [-0.05, 0) is 92.4 Å². The molecule has 0 aliphatic heterocycles. The van der Waals surface area contributed by atoms with Crippen LogP contribution in [0.4, 0.5) is 11.4 Å². The zero-order valence-electron chi connectivity index (χ0n) is 26.6. The highest BCUT2D eigenvalue weighted by Gasteiger charge is 2.15. The molecule has 4 nitrogen and oxygen atoms in total. The van der Waals surface area contributed by atoms with Crippen molar-refractivity contribution >= 4 is 34.6 Å². The van der Waals surface area contributed by atoms with E-state index in [2.05, 4.69) is 76.2 Å². The van der Waals surface area contributed by atoms with Crippen molar-refractivity contribution in [2.75, 3.05) is 0 Å². The second-order valence-electron chi connectivity index (χ2n) is 12.3. The van der Waals surface area contributed by atoms with Crippen molar-refractivity contribution in [2.24, 2.45) is 9.98 Å². The van der Waals surface area contributed by atoms with Crippen LogP contribution in [-0.4, -0.2) is 22.6 Å². The van der Waals surface area contributed by atoms with Crippen LogP contribution in [-0.2, 0) is 0 Å². The first kappa shape index (κ1) is 30.5. The van der Waals surface area contributed by atoms with Crippen LogP contribution >= 0.6 is 0 Å². The molecule has 0 aliphatic rings. The van der Waals surface area contributed by atoms with E-state index in [4.69, 9.17) is 9.98 Å². The van der Waals surface area contributed by atoms with Gasteiger partial charge in [0.1, 0.15) is 11.5 Å². The molecule has 0 heterocycles. The van der Waals surface area contributed by atoms with Crippen molar-refractivity contribution in [1.29, 1.82) is 0 Å². The third-order valence-electron chi connectivity index (χ3n) is 8.32. The average Bonchev–Trinajstić information content (AvgIpc) is 3.07. The van der Waals surface area contributed by atoms with Crippen molar-refractivity contribution in [3.8, 4) is 33.8 Å². The second-order valence-corrected chi connectivity index (χ2v) is 12.3. The van der Waals surface area contributed by atoms with E-state index >= 15 is 0 Å². The number of aliphatic imine (C=N–C) groups is 2. The number of fused-ring (bicyclic) bond motifs is 1. The van der Waals surface area contributed by atoms with Gasteiger partial charge in [-0.2, -0.15) is 0 Å². The SMILES string of the molecule is CC(C)c1cc(-c2ccccc2)cc(C=Nc2cc3ccccc3cc2N=Cc2cc(-c3ccccc3)cc(C(C)C)c2O)c1O. The summed E-state index contributed by atoms with van der Waals surface area (Å²) in [7, 11) is 0. The third kappa shape index (κ3) is 6.47. The number of rotatable bonds is 8. The molecule has 6 rings (SSSR count). The molecule has 0 radical (unpaired) electrons. The molecule has 4 heteroatoms. The summed E-state index contributed by atoms with van der Waals surface area (Å²) in [6, 6.07) is 40.5. The van der Waals surface area contributed by atoms with Crippen LogP contribution < -0.4 is 0 Å². The smallest absolute Gasteiger partial charge is 0.127 e. The molecule has 46 heavy (non-hydrogen) atoms. The van der Waals surface area contributed by atoms with Gasteiger partial charge in [-0.15, -0.1) is 0 Å². The molecule has 6 aromatic rings. The van der Waals surface area contributed by atoms with Gasteiger partial charge >= 0.3 is 0 Å². The molecule has 0 fully saturated rings. The normalized spacial score (nSPS) is 11.9. The number of nitrogens with zero attached hydrogens (tertiary/aromatic N) is 2. The summed E-state index contributed by atoms with van der Waals surface area (Å²) in [5.74, 6) is 0.722. The summed E-state index contributed by atoms with van der Waals surface area (Å²) in [4.78, 5) is 9.81. The van der Waals surface area contributed by atoms with E-state index in [9.17, 15) is 10.2 Å². The quantitative estimate of drug-likeness (QED) is 0.170. The highest BCUT2D eigenvalue weighted by atomic mass is 16.3. The maximum atomic E-state index is 11.3. The molecule has 6 aromatic carbocycles. The minimum absolute atomic E-state index is 0.131. The summed E-state index contributed by atoms with van der Waals surface area (Å²) in [5, 5.41) is 24.6. The third-order valence-corrected chi connectivity index (χ3v) is 8.32. The Kier molecular flexibility index (Phi) is 8.80. The Bertz CT molecular complexity index is 1910. The van der Waals surface area contributed by atoms with E-state index in [-0.39, 0.29) is 23.3 Å². The minimum atomic E-state index is 0.131. The maximum absolute atomic E-state index is 11.3. The van der Waals surface area contributed by atoms with Gasteiger partial charge in [-0.1, -0.05) is 113 Å². The largest absolute Gasteiger partial charge is 0.507 e. The van der Waals surface area contributed by atoms with E-state index in [0.29, 0.717) is 22.5 Å². The Morgan fingerprint density at radius 3 is 1.20 bits per heavy atom. The van der Waals surface area contributed by atoms with Crippen molar-refractivity contribution in [3.63, 3.8) is 0 Å². The molecular formula is C42H38N2O2. The molecule has 0 aromatic heterocycles. The monoisotopic (exact) mass is 602 g/mol. The highest BCUT2D eigenvalue weighted by Crippen LogP contribution is 2.38. The first-order valence-electron chi connectivity index (χ1n) is 15.7. The van der Waals surface area contributed by atoms with Gasteiger partial charge in [0.15, 0.2) is 0 Å². The number of hydrogen-bond donors (Lipinski definition) is 2. The van der Waals surface area contributed by atoms with Crippen LogP contribution in [0.3, 0.4) is 0 Å². The molecule has 0 amide bonds. The van der Waals surface area contributed by atoms with Crippen molar-refractivity contribution in [1.82, 2.24) is 0 Å². The van der Waals surface area contributed by atoms with E-state index in [1.54, 1.807) is 12.4 Å². The predicted molar refractivity (Wildman–Crippen MR) is 194 cm³/mol. The fourth-order valence-corrected chi connectivity index (χ4v) is 5.73. The predicted octanol–water partition coefficient (Wildman–Crippen LogP) is 11.3. The summed E-state index contributed by atoms with van der Waals surface area (Å²) < 4.78 is 0. The van der Waals surface area contributed by atoms with Gasteiger partial charge in [0.2, 0.25) is 0 Å². The molecule has 228 valence electrons. The Balaban J connectivity index is 1.46. The Hall–Kier alpha value is -5.48. The summed E-state index contributed by atoms with van der Waals surface area (Å²) in [5.41, 5.74) is 8.54. The lowest BCUT2D eigenvalue weighted by atomic mass is 9.93. The summed E-state index contributed by atoms with van der Waals surface area (Å²) in [6.07, 6.45) is 3.45. The van der Waals surface area contributed by atoms with Gasteiger partial charge in [-0.25, -0.2) is 0 Å². The van der Waals surface area contributed by atoms with Gasteiger partial charge in [0, 0.05) is 23.6 Å². The van der Waals surface area contributed by atoms with E-state index in [1.807, 2.05) is 72.8 Å². The van der Waals surface area contributed by atoms with Crippen LogP contribution in [0.2, 0.25) is 0 Å². The molecule has 0 unspecified atom stereocenters. The Morgan fingerprint density at radius 1 is 0.457 bits per heavy atom. The second kappa shape index (κ2) is 13.3. The first-order chi connectivity index (χ1) is 22.3. The molecule has 0 aliphatic carbocycles. The van der Waals surface area contributed by atoms with Crippen LogP contribution in [0, 0.1) is 0 Å². The number of phenolic OH excluding ortho intramolecular Hbond substituents is 2. The highest BCUT2D eigenvalue weighted by molar-refractivity contribution is 5.96. The zero-order chi connectivity index (χ0) is 32.2. The standard InChI is InChI=1S/C42H38N2O2/c1-27(2)37-21-33(29-13-7-5-8-14-29)19-35(41(37)45)25-43-39-23-31-17-11-12-18-32(31)24-40(39)44-26-36-20-34(30-15-9-6-10-16-30)22-38(28(3)4)42(36)46/h5-28,45-46H,1-4H3. The molecule has 0 spiro atoms. The van der Waals surface area contributed by atoms with Gasteiger partial charge in [-0.3, -0.25) is 9.98 Å². The van der Waals surface area contributed by atoms with Crippen LogP contribution in [0.5, 0.6) is 11.5 Å². The number of aromatic hydroxyl groups is 2. The summed E-state index contributed by atoms with van der Waals surface area (Å²) >= 11 is 0. The molecular weight excluding hydrogens is 564 g/mol. The Morgan fingerprint density at radius 2 is 0.826 bits per heavy atom. The van der Waals surface area contributed by atoms with E-state index in [1.165, 1.54) is 0 Å². The van der Waals surface area contributed by atoms with Gasteiger partial charge in [0.05, 0.1) is 11.4 Å². The molecule has 0 atom stereocenters. The lowest BCUT2D eigenvalue weighted by Gasteiger charge is -2.14. The first-order valence-corrected chi connectivity index (χ1v) is 15.7. The van der Waals surface area contributed by atoms with Crippen LogP contribution in [0.15, 0.2) is 131 Å². The average molecular weight is 603 g/mol. The van der Waals surface area contributed by atoms with E-state index < -0.39 is 0 Å². The fraction of sp³-hybridized carbons (Fsp3) is 0.143. The molecule has 0 saturated carbocycles. The van der Waals surface area contributed by atoms with Gasteiger partial charge < -0.3 is 10.2 Å². The lowest BCUT2D eigenvalue weighted by molar-refractivity contribution is 0.463. The van der Waals surface area contributed by atoms with E-state index in [0.717, 1.165) is 44.2 Å². The summed E-state index contributed by atoms with van der Waals surface area (Å²) in [6.45, 7) is 8.31. The van der Waals surface area contributed by atoms with Gasteiger partial charge in [0.25, 0.3) is 0 Å². The van der Waals surface area contributed by atoms with Crippen molar-refractivity contribution in [2.45, 2.75) is 39.5 Å². The zero-order valence-corrected chi connectivity index (χ0v) is 26.6. The van der Waals surface area contributed by atoms with Crippen LogP contribution in [0.25, 0.3) is 33.0 Å². The van der Waals surface area contributed by atoms with Crippen LogP contribution in [0.1, 0.15) is 61.8 Å².